The maximum Gasteiger partial charge on any atom is 0.309 e. The van der Waals surface area contributed by atoms with Gasteiger partial charge in [-0.2, -0.15) is 0 Å². The average molecular weight is 666 g/mol. The second-order valence-electron chi connectivity index (χ2n) is 19.9. The molecule has 2 N–H and O–H groups in total. The van der Waals surface area contributed by atoms with Gasteiger partial charge in [0.25, 0.3) is 0 Å². The molecule has 0 radical (unpaired) electrons. The maximum absolute atomic E-state index is 13.9. The first-order chi connectivity index (χ1) is 22.3. The Labute approximate surface area is 291 Å². The van der Waals surface area contributed by atoms with E-state index in [-0.39, 0.29) is 51.5 Å². The normalized spacial score (nSPS) is 41.1. The lowest BCUT2D eigenvalue weighted by Gasteiger charge is -2.72. The molecule has 270 valence electrons. The van der Waals surface area contributed by atoms with Crippen LogP contribution in [0.15, 0.2) is 11.1 Å². The Kier molecular flexibility index (Phi) is 9.20. The first-order valence-corrected chi connectivity index (χ1v) is 19.8. The van der Waals surface area contributed by atoms with Gasteiger partial charge in [-0.3, -0.25) is 14.4 Å². The molecule has 0 aromatic heterocycles. The molecule has 6 nitrogen and oxygen atoms in total. The second-order valence-corrected chi connectivity index (χ2v) is 19.9. The Morgan fingerprint density at radius 1 is 0.896 bits per heavy atom. The van der Waals surface area contributed by atoms with E-state index in [2.05, 4.69) is 53.8 Å². The van der Waals surface area contributed by atoms with E-state index in [1.165, 1.54) is 56.9 Å². The molecule has 0 bridgehead atoms. The molecule has 5 saturated carbocycles. The summed E-state index contributed by atoms with van der Waals surface area (Å²) in [6, 6.07) is 0.661. The topological polar surface area (TPSA) is 92.7 Å². The minimum absolute atomic E-state index is 0.0376. The van der Waals surface area contributed by atoms with Crippen LogP contribution in [0.2, 0.25) is 0 Å². The van der Waals surface area contributed by atoms with Crippen LogP contribution in [0.25, 0.3) is 0 Å². The van der Waals surface area contributed by atoms with Crippen molar-refractivity contribution >= 4 is 17.7 Å². The number of carbonyl (C=O) groups excluding carboxylic acids is 2. The van der Waals surface area contributed by atoms with Gasteiger partial charge in [0.2, 0.25) is 0 Å². The summed E-state index contributed by atoms with van der Waals surface area (Å²) in [4.78, 5) is 38.7. The zero-order chi connectivity index (χ0) is 35.1. The van der Waals surface area contributed by atoms with Crippen LogP contribution >= 0.6 is 0 Å². The third-order valence-corrected chi connectivity index (χ3v) is 16.3. The Bertz CT molecular complexity index is 1340. The molecule has 6 heteroatoms. The molecular formula is C42H67NO5. The predicted octanol–water partition coefficient (Wildman–Crippen LogP) is 9.30. The Morgan fingerprint density at radius 3 is 2.23 bits per heavy atom. The monoisotopic (exact) mass is 666 g/mol. The van der Waals surface area contributed by atoms with Crippen LogP contribution in [-0.2, 0) is 19.1 Å². The van der Waals surface area contributed by atoms with Crippen molar-refractivity contribution < 1.29 is 24.2 Å². The number of ether oxygens (including phenoxy) is 1. The van der Waals surface area contributed by atoms with E-state index < -0.39 is 11.4 Å². The van der Waals surface area contributed by atoms with Crippen LogP contribution in [0.5, 0.6) is 0 Å². The van der Waals surface area contributed by atoms with Gasteiger partial charge in [-0.1, -0.05) is 66.9 Å². The van der Waals surface area contributed by atoms with E-state index in [1.54, 1.807) is 19.4 Å². The van der Waals surface area contributed by atoms with Gasteiger partial charge in [0.15, 0.2) is 5.78 Å². The van der Waals surface area contributed by atoms with Gasteiger partial charge in [0, 0.05) is 23.3 Å². The highest BCUT2D eigenvalue weighted by Crippen LogP contribution is 2.77. The average Bonchev–Trinajstić information content (AvgIpc) is 3.60. The van der Waals surface area contributed by atoms with Crippen molar-refractivity contribution in [2.24, 2.45) is 56.2 Å². The van der Waals surface area contributed by atoms with Gasteiger partial charge in [-0.15, -0.1) is 0 Å². The molecule has 6 aliphatic rings. The number of esters is 1. The summed E-state index contributed by atoms with van der Waals surface area (Å²) in [5, 5.41) is 13.5. The molecular weight excluding hydrogens is 598 g/mol. The first kappa shape index (κ1) is 36.1. The SMILES string of the molecule is CC(C)C1=C2[C@H]3CCC4[C@@]5(C)CC[C@H](OC(=O)CC(C)(C)C(=O)O)C(C)(C)C5CC[C@@]4(C)[C@]3(C)CC[C@@]2(CCNC2CCCC2)CC1=O. The van der Waals surface area contributed by atoms with Crippen molar-refractivity contribution in [1.29, 1.82) is 0 Å². The lowest BCUT2D eigenvalue weighted by molar-refractivity contribution is -0.233. The van der Waals surface area contributed by atoms with Gasteiger partial charge in [0.05, 0.1) is 11.8 Å². The van der Waals surface area contributed by atoms with Crippen molar-refractivity contribution in [1.82, 2.24) is 5.32 Å². The second kappa shape index (κ2) is 12.2. The number of carboxylic acid groups (broad SMARTS) is 1. The third kappa shape index (κ3) is 5.47. The van der Waals surface area contributed by atoms with Gasteiger partial charge < -0.3 is 15.2 Å². The zero-order valence-corrected chi connectivity index (χ0v) is 31.9. The molecule has 6 aliphatic carbocycles. The van der Waals surface area contributed by atoms with Crippen molar-refractivity contribution in [3.63, 3.8) is 0 Å². The number of allylic oxidation sites excluding steroid dienone is 2. The zero-order valence-electron chi connectivity index (χ0n) is 31.9. The number of rotatable bonds is 9. The summed E-state index contributed by atoms with van der Waals surface area (Å²) in [5.74, 6) is 0.860. The first-order valence-electron chi connectivity index (χ1n) is 19.8. The van der Waals surface area contributed by atoms with Crippen molar-refractivity contribution in [2.75, 3.05) is 6.54 Å². The van der Waals surface area contributed by atoms with Gasteiger partial charge >= 0.3 is 11.9 Å². The smallest absolute Gasteiger partial charge is 0.309 e. The minimum atomic E-state index is -1.13. The van der Waals surface area contributed by atoms with E-state index in [9.17, 15) is 19.5 Å². The van der Waals surface area contributed by atoms with E-state index in [1.807, 2.05) is 0 Å². The highest BCUT2D eigenvalue weighted by Gasteiger charge is 2.70. The minimum Gasteiger partial charge on any atom is -0.481 e. The van der Waals surface area contributed by atoms with E-state index in [0.29, 0.717) is 29.6 Å². The van der Waals surface area contributed by atoms with E-state index in [0.717, 1.165) is 45.1 Å². The van der Waals surface area contributed by atoms with Crippen LogP contribution in [0, 0.1) is 56.2 Å². The predicted molar refractivity (Wildman–Crippen MR) is 190 cm³/mol. The number of ketones is 1. The van der Waals surface area contributed by atoms with Crippen molar-refractivity contribution in [3.05, 3.63) is 11.1 Å². The number of nitrogens with one attached hydrogen (secondary N) is 1. The standard InChI is InChI=1S/C42H67NO5/c1-26(2)34-29(44)24-42(22-23-43-27-12-10-11-13-27)21-20-40(8)28(35(34)42)14-15-31-39(7)18-17-32(48-33(45)25-37(3,4)36(46)47)38(5,6)30(39)16-19-41(31,40)9/h26-28,30-32,43H,10-25H2,1-9H3,(H,46,47)/t28-,30?,31?,32+,39+,40-,41-,42-/m1/s1. The van der Waals surface area contributed by atoms with Crippen LogP contribution < -0.4 is 5.32 Å². The molecule has 5 fully saturated rings. The Morgan fingerprint density at radius 2 is 1.58 bits per heavy atom. The molecule has 48 heavy (non-hydrogen) atoms. The molecule has 2 unspecified atom stereocenters. The number of carboxylic acids is 1. The Hall–Kier alpha value is -1.69. The molecule has 0 amide bonds. The van der Waals surface area contributed by atoms with E-state index >= 15 is 0 Å². The van der Waals surface area contributed by atoms with E-state index in [4.69, 9.17) is 4.74 Å². The van der Waals surface area contributed by atoms with Gasteiger partial charge in [-0.25, -0.2) is 0 Å². The summed E-state index contributed by atoms with van der Waals surface area (Å²) in [7, 11) is 0. The summed E-state index contributed by atoms with van der Waals surface area (Å²) in [6.45, 7) is 21.2. The Balaban J connectivity index is 1.26. The fraction of sp³-hybridized carbons (Fsp3) is 0.881. The fourth-order valence-corrected chi connectivity index (χ4v) is 13.5. The highest BCUT2D eigenvalue weighted by atomic mass is 16.5. The fourth-order valence-electron chi connectivity index (χ4n) is 13.5. The number of fused-ring (bicyclic) bond motifs is 7. The third-order valence-electron chi connectivity index (χ3n) is 16.3. The number of Topliss-reactive ketones (excluding diaryl/α,β-unsaturated/α-hetero) is 1. The van der Waals surface area contributed by atoms with Crippen LogP contribution in [0.4, 0.5) is 0 Å². The van der Waals surface area contributed by atoms with Gasteiger partial charge in [-0.05, 0) is 137 Å². The van der Waals surface area contributed by atoms with Crippen LogP contribution in [0.1, 0.15) is 159 Å². The van der Waals surface area contributed by atoms with Crippen molar-refractivity contribution in [3.8, 4) is 0 Å². The molecule has 0 aliphatic heterocycles. The molecule has 0 aromatic rings. The quantitative estimate of drug-likeness (QED) is 0.239. The number of carbonyl (C=O) groups is 3. The number of aliphatic carboxylic acids is 1. The van der Waals surface area contributed by atoms with Crippen molar-refractivity contribution in [2.45, 2.75) is 171 Å². The summed E-state index contributed by atoms with van der Waals surface area (Å²) in [5.41, 5.74) is 1.99. The molecule has 0 heterocycles. The molecule has 0 aromatic carbocycles. The summed E-state index contributed by atoms with van der Waals surface area (Å²) < 4.78 is 6.18. The summed E-state index contributed by atoms with van der Waals surface area (Å²) >= 11 is 0. The highest BCUT2D eigenvalue weighted by molar-refractivity contribution is 6.00. The number of hydrogen-bond donors (Lipinski definition) is 2. The number of hydrogen-bond acceptors (Lipinski definition) is 5. The molecule has 8 atom stereocenters. The van der Waals surface area contributed by atoms with Crippen LogP contribution in [0.3, 0.4) is 0 Å². The lowest BCUT2D eigenvalue weighted by atomic mass is 9.33. The van der Waals surface area contributed by atoms with Crippen LogP contribution in [-0.4, -0.2) is 41.5 Å². The maximum atomic E-state index is 13.9. The lowest BCUT2D eigenvalue weighted by Crippen LogP contribution is -2.65. The molecule has 0 spiro atoms. The summed E-state index contributed by atoms with van der Waals surface area (Å²) in [6.07, 6.45) is 15.7. The molecule has 0 saturated heterocycles. The van der Waals surface area contributed by atoms with Gasteiger partial charge in [0.1, 0.15) is 6.10 Å². The molecule has 6 rings (SSSR count). The largest absolute Gasteiger partial charge is 0.481 e.